The molecule has 0 fully saturated rings. The molecule has 2 N–H and O–H groups in total. The van der Waals surface area contributed by atoms with Crippen molar-refractivity contribution < 1.29 is 9.72 Å². The number of imidazole rings is 1. The number of rotatable bonds is 3. The molecule has 1 aromatic carbocycles. The summed E-state index contributed by atoms with van der Waals surface area (Å²) in [6, 6.07) is 4.13. The second kappa shape index (κ2) is 4.44. The molecular formula is C11H12N4O3. The van der Waals surface area contributed by atoms with Crippen molar-refractivity contribution in [2.24, 2.45) is 0 Å². The Morgan fingerprint density at radius 3 is 2.89 bits per heavy atom. The highest BCUT2D eigenvalue weighted by Gasteiger charge is 2.13. The van der Waals surface area contributed by atoms with Crippen LogP contribution in [0, 0.1) is 10.1 Å². The number of nitrogens with zero attached hydrogens (tertiary/aromatic N) is 2. The summed E-state index contributed by atoms with van der Waals surface area (Å²) >= 11 is 0. The molecule has 0 aliphatic heterocycles. The first-order chi connectivity index (χ1) is 8.47. The Hall–Kier alpha value is -2.44. The standard InChI is InChI=1S/C11H12N4O3/c1-6(12-7(2)16)11-13-9-4-3-8(15(17)18)5-10(9)14-11/h3-6H,1-2H3,(H,12,16)(H,13,14). The summed E-state index contributed by atoms with van der Waals surface area (Å²) in [4.78, 5) is 28.4. The van der Waals surface area contributed by atoms with Crippen molar-refractivity contribution >= 4 is 22.6 Å². The van der Waals surface area contributed by atoms with Crippen molar-refractivity contribution in [2.75, 3.05) is 0 Å². The zero-order valence-electron chi connectivity index (χ0n) is 9.93. The zero-order chi connectivity index (χ0) is 13.3. The van der Waals surface area contributed by atoms with E-state index in [2.05, 4.69) is 15.3 Å². The highest BCUT2D eigenvalue weighted by atomic mass is 16.6. The number of H-pyrrole nitrogens is 1. The molecule has 94 valence electrons. The SMILES string of the molecule is CC(=O)NC(C)c1nc2ccc([N+](=O)[O-])cc2[nH]1. The summed E-state index contributed by atoms with van der Waals surface area (Å²) in [5, 5.41) is 13.3. The van der Waals surface area contributed by atoms with Crippen LogP contribution in [0.1, 0.15) is 25.7 Å². The fourth-order valence-electron chi connectivity index (χ4n) is 1.71. The first-order valence-corrected chi connectivity index (χ1v) is 5.38. The van der Waals surface area contributed by atoms with Gasteiger partial charge in [-0.2, -0.15) is 0 Å². The van der Waals surface area contributed by atoms with E-state index in [0.717, 1.165) is 0 Å². The molecule has 0 aliphatic carbocycles. The van der Waals surface area contributed by atoms with Crippen LogP contribution in [-0.2, 0) is 4.79 Å². The van der Waals surface area contributed by atoms with Gasteiger partial charge < -0.3 is 10.3 Å². The number of non-ortho nitro benzene ring substituents is 1. The molecule has 18 heavy (non-hydrogen) atoms. The van der Waals surface area contributed by atoms with E-state index in [9.17, 15) is 14.9 Å². The molecule has 7 heteroatoms. The number of hydrogen-bond acceptors (Lipinski definition) is 4. The second-order valence-electron chi connectivity index (χ2n) is 4.00. The maximum atomic E-state index is 10.9. The summed E-state index contributed by atoms with van der Waals surface area (Å²) in [7, 11) is 0. The van der Waals surface area contributed by atoms with Gasteiger partial charge in [0.05, 0.1) is 22.0 Å². The first kappa shape index (κ1) is 12.0. The first-order valence-electron chi connectivity index (χ1n) is 5.38. The normalized spacial score (nSPS) is 12.3. The Morgan fingerprint density at radius 1 is 1.56 bits per heavy atom. The minimum Gasteiger partial charge on any atom is -0.347 e. The van der Waals surface area contributed by atoms with Gasteiger partial charge in [0.2, 0.25) is 5.91 Å². The van der Waals surface area contributed by atoms with Crippen molar-refractivity contribution in [2.45, 2.75) is 19.9 Å². The maximum Gasteiger partial charge on any atom is 0.271 e. The second-order valence-corrected chi connectivity index (χ2v) is 4.00. The number of hydrogen-bond donors (Lipinski definition) is 2. The van der Waals surface area contributed by atoms with E-state index in [0.29, 0.717) is 16.9 Å². The van der Waals surface area contributed by atoms with Crippen molar-refractivity contribution in [3.05, 3.63) is 34.1 Å². The van der Waals surface area contributed by atoms with Gasteiger partial charge >= 0.3 is 0 Å². The molecule has 1 heterocycles. The molecular weight excluding hydrogens is 236 g/mol. The lowest BCUT2D eigenvalue weighted by Crippen LogP contribution is -2.24. The van der Waals surface area contributed by atoms with Crippen LogP contribution >= 0.6 is 0 Å². The van der Waals surface area contributed by atoms with Gasteiger partial charge in [0.25, 0.3) is 5.69 Å². The van der Waals surface area contributed by atoms with Crippen LogP contribution in [0.15, 0.2) is 18.2 Å². The molecule has 0 saturated carbocycles. The van der Waals surface area contributed by atoms with E-state index < -0.39 is 4.92 Å². The number of carbonyl (C=O) groups is 1. The lowest BCUT2D eigenvalue weighted by molar-refractivity contribution is -0.384. The topological polar surface area (TPSA) is 101 Å². The molecule has 2 aromatic rings. The lowest BCUT2D eigenvalue weighted by Gasteiger charge is -2.08. The smallest absolute Gasteiger partial charge is 0.271 e. The molecule has 2 rings (SSSR count). The fourth-order valence-corrected chi connectivity index (χ4v) is 1.71. The third-order valence-electron chi connectivity index (χ3n) is 2.52. The average molecular weight is 248 g/mol. The Labute approximate surface area is 102 Å². The summed E-state index contributed by atoms with van der Waals surface area (Å²) in [5.74, 6) is 0.412. The number of nitro benzene ring substituents is 1. The summed E-state index contributed by atoms with van der Waals surface area (Å²) in [6.45, 7) is 3.21. The molecule has 0 saturated heterocycles. The van der Waals surface area contributed by atoms with Crippen LogP contribution in [0.2, 0.25) is 0 Å². The highest BCUT2D eigenvalue weighted by Crippen LogP contribution is 2.20. The van der Waals surface area contributed by atoms with E-state index in [1.54, 1.807) is 13.0 Å². The number of carbonyl (C=O) groups excluding carboxylic acids is 1. The molecule has 0 spiro atoms. The lowest BCUT2D eigenvalue weighted by atomic mass is 10.3. The van der Waals surface area contributed by atoms with Gasteiger partial charge in [0.1, 0.15) is 5.82 Å². The third-order valence-corrected chi connectivity index (χ3v) is 2.52. The van der Waals surface area contributed by atoms with Gasteiger partial charge in [-0.05, 0) is 13.0 Å². The number of benzene rings is 1. The summed E-state index contributed by atoms with van der Waals surface area (Å²) < 4.78 is 0. The summed E-state index contributed by atoms with van der Waals surface area (Å²) in [6.07, 6.45) is 0. The van der Waals surface area contributed by atoms with Crippen molar-refractivity contribution in [1.29, 1.82) is 0 Å². The summed E-state index contributed by atoms with van der Waals surface area (Å²) in [5.41, 5.74) is 1.22. The Morgan fingerprint density at radius 2 is 2.28 bits per heavy atom. The molecule has 0 bridgehead atoms. The Bertz CT molecular complexity index is 620. The van der Waals surface area contributed by atoms with Crippen LogP contribution in [0.25, 0.3) is 11.0 Å². The van der Waals surface area contributed by atoms with Crippen molar-refractivity contribution in [1.82, 2.24) is 15.3 Å². The largest absolute Gasteiger partial charge is 0.347 e. The van der Waals surface area contributed by atoms with Crippen molar-refractivity contribution in [3.8, 4) is 0 Å². The van der Waals surface area contributed by atoms with E-state index in [1.165, 1.54) is 19.1 Å². The van der Waals surface area contributed by atoms with Gasteiger partial charge in [0, 0.05) is 19.1 Å². The van der Waals surface area contributed by atoms with Gasteiger partial charge in [-0.15, -0.1) is 0 Å². The molecule has 1 amide bonds. The molecule has 0 radical (unpaired) electrons. The van der Waals surface area contributed by atoms with Crippen LogP contribution < -0.4 is 5.32 Å². The van der Waals surface area contributed by atoms with Gasteiger partial charge in [-0.1, -0.05) is 0 Å². The average Bonchev–Trinajstić information content (AvgIpc) is 2.70. The molecule has 1 unspecified atom stereocenters. The zero-order valence-corrected chi connectivity index (χ0v) is 9.93. The predicted molar refractivity (Wildman–Crippen MR) is 65.0 cm³/mol. The minimum absolute atomic E-state index is 0.00452. The van der Waals surface area contributed by atoms with Crippen LogP contribution in [0.3, 0.4) is 0 Å². The number of aromatic nitrogens is 2. The van der Waals surface area contributed by atoms with Crippen LogP contribution in [-0.4, -0.2) is 20.8 Å². The molecule has 7 nitrogen and oxygen atoms in total. The van der Waals surface area contributed by atoms with E-state index >= 15 is 0 Å². The maximum absolute atomic E-state index is 10.9. The monoisotopic (exact) mass is 248 g/mol. The fraction of sp³-hybridized carbons (Fsp3) is 0.273. The highest BCUT2D eigenvalue weighted by molar-refractivity contribution is 5.78. The van der Waals surface area contributed by atoms with Gasteiger partial charge in [-0.3, -0.25) is 14.9 Å². The number of nitro groups is 1. The number of nitrogens with one attached hydrogen (secondary N) is 2. The van der Waals surface area contributed by atoms with Crippen molar-refractivity contribution in [3.63, 3.8) is 0 Å². The third kappa shape index (κ3) is 2.29. The molecule has 0 aliphatic rings. The minimum atomic E-state index is -0.461. The number of amides is 1. The predicted octanol–water partition coefficient (Wildman–Crippen LogP) is 1.67. The van der Waals surface area contributed by atoms with Crippen LogP contribution in [0.5, 0.6) is 0 Å². The van der Waals surface area contributed by atoms with E-state index in [-0.39, 0.29) is 17.6 Å². The van der Waals surface area contributed by atoms with Gasteiger partial charge in [-0.25, -0.2) is 4.98 Å². The van der Waals surface area contributed by atoms with Gasteiger partial charge in [0.15, 0.2) is 0 Å². The Kier molecular flexibility index (Phi) is 2.97. The number of aromatic amines is 1. The molecule has 1 atom stereocenters. The quantitative estimate of drug-likeness (QED) is 0.637. The van der Waals surface area contributed by atoms with E-state index in [1.807, 2.05) is 0 Å². The number of fused-ring (bicyclic) bond motifs is 1. The Balaban J connectivity index is 2.38. The van der Waals surface area contributed by atoms with Crippen LogP contribution in [0.4, 0.5) is 5.69 Å². The molecule has 1 aromatic heterocycles. The van der Waals surface area contributed by atoms with E-state index in [4.69, 9.17) is 0 Å².